The summed E-state index contributed by atoms with van der Waals surface area (Å²) in [6.07, 6.45) is 4.49. The van der Waals surface area contributed by atoms with Crippen LogP contribution in [0.5, 0.6) is 0 Å². The van der Waals surface area contributed by atoms with Gasteiger partial charge >= 0.3 is 5.97 Å². The molecule has 1 aromatic carbocycles. The van der Waals surface area contributed by atoms with Gasteiger partial charge in [-0.25, -0.2) is 8.42 Å². The van der Waals surface area contributed by atoms with E-state index < -0.39 is 27.8 Å². The lowest BCUT2D eigenvalue weighted by Gasteiger charge is -2.27. The van der Waals surface area contributed by atoms with E-state index in [1.807, 2.05) is 0 Å². The normalized spacial score (nSPS) is 24.3. The number of amides is 1. The Balaban J connectivity index is 1.69. The SMILES string of the molecule is O=C(Nc1ccc(S(=O)(=O)N2CCCC2)cc1)C1CCCC[C@@H]1C(=O)O. The van der Waals surface area contributed by atoms with Crippen molar-refractivity contribution in [1.29, 1.82) is 0 Å². The van der Waals surface area contributed by atoms with Crippen molar-refractivity contribution in [2.45, 2.75) is 43.4 Å². The third kappa shape index (κ3) is 3.91. The van der Waals surface area contributed by atoms with Crippen molar-refractivity contribution in [2.75, 3.05) is 18.4 Å². The van der Waals surface area contributed by atoms with E-state index in [2.05, 4.69) is 5.32 Å². The van der Waals surface area contributed by atoms with Crippen molar-refractivity contribution in [3.05, 3.63) is 24.3 Å². The number of sulfonamides is 1. The molecular formula is C18H24N2O5S. The summed E-state index contributed by atoms with van der Waals surface area (Å²) in [5.41, 5.74) is 0.477. The Morgan fingerprint density at radius 1 is 0.962 bits per heavy atom. The van der Waals surface area contributed by atoms with Gasteiger partial charge in [0.15, 0.2) is 0 Å². The van der Waals surface area contributed by atoms with Crippen LogP contribution in [0.1, 0.15) is 38.5 Å². The molecule has 0 bridgehead atoms. The number of aliphatic carboxylic acids is 1. The minimum absolute atomic E-state index is 0.207. The number of carbonyl (C=O) groups is 2. The van der Waals surface area contributed by atoms with Gasteiger partial charge < -0.3 is 10.4 Å². The van der Waals surface area contributed by atoms with Crippen molar-refractivity contribution in [3.63, 3.8) is 0 Å². The summed E-state index contributed by atoms with van der Waals surface area (Å²) in [7, 11) is -3.48. The van der Waals surface area contributed by atoms with Crippen LogP contribution in [0.4, 0.5) is 5.69 Å². The largest absolute Gasteiger partial charge is 0.481 e. The first-order chi connectivity index (χ1) is 12.4. The predicted octanol–water partition coefficient (Wildman–Crippen LogP) is 2.30. The van der Waals surface area contributed by atoms with Crippen LogP contribution < -0.4 is 5.32 Å². The molecule has 1 unspecified atom stereocenters. The fourth-order valence-electron chi connectivity index (χ4n) is 3.76. The van der Waals surface area contributed by atoms with Gasteiger partial charge in [0, 0.05) is 18.8 Å². The van der Waals surface area contributed by atoms with Gasteiger partial charge in [0.25, 0.3) is 0 Å². The second-order valence-corrected chi connectivity index (χ2v) is 8.90. The van der Waals surface area contributed by atoms with Gasteiger partial charge in [-0.15, -0.1) is 0 Å². The fourth-order valence-corrected chi connectivity index (χ4v) is 5.28. The topological polar surface area (TPSA) is 104 Å². The van der Waals surface area contributed by atoms with Gasteiger partial charge in [-0.05, 0) is 49.9 Å². The number of carboxylic acid groups (broad SMARTS) is 1. The summed E-state index contributed by atoms with van der Waals surface area (Å²) in [5.74, 6) is -2.45. The predicted molar refractivity (Wildman–Crippen MR) is 96.1 cm³/mol. The average molecular weight is 380 g/mol. The molecule has 0 aromatic heterocycles. The second kappa shape index (κ2) is 7.75. The molecule has 26 heavy (non-hydrogen) atoms. The zero-order valence-corrected chi connectivity index (χ0v) is 15.4. The molecule has 1 heterocycles. The van der Waals surface area contributed by atoms with Crippen molar-refractivity contribution >= 4 is 27.6 Å². The molecule has 2 atom stereocenters. The number of nitrogens with one attached hydrogen (secondary N) is 1. The molecule has 1 saturated heterocycles. The average Bonchev–Trinajstić information content (AvgIpc) is 3.17. The number of rotatable bonds is 5. The number of carboxylic acids is 1. The van der Waals surface area contributed by atoms with Crippen LogP contribution in [-0.4, -0.2) is 42.8 Å². The zero-order valence-electron chi connectivity index (χ0n) is 14.6. The lowest BCUT2D eigenvalue weighted by atomic mass is 9.78. The van der Waals surface area contributed by atoms with Gasteiger partial charge in [0.05, 0.1) is 16.7 Å². The Morgan fingerprint density at radius 2 is 1.54 bits per heavy atom. The van der Waals surface area contributed by atoms with E-state index in [-0.39, 0.29) is 10.8 Å². The van der Waals surface area contributed by atoms with E-state index in [4.69, 9.17) is 0 Å². The van der Waals surface area contributed by atoms with Crippen molar-refractivity contribution < 1.29 is 23.1 Å². The van der Waals surface area contributed by atoms with Crippen molar-refractivity contribution in [3.8, 4) is 0 Å². The van der Waals surface area contributed by atoms with Gasteiger partial charge in [-0.3, -0.25) is 9.59 Å². The molecule has 1 amide bonds. The first-order valence-electron chi connectivity index (χ1n) is 9.03. The van der Waals surface area contributed by atoms with Crippen molar-refractivity contribution in [1.82, 2.24) is 4.31 Å². The van der Waals surface area contributed by atoms with Crippen LogP contribution in [0, 0.1) is 11.8 Å². The van der Waals surface area contributed by atoms with Gasteiger partial charge in [0.1, 0.15) is 0 Å². The smallest absolute Gasteiger partial charge is 0.307 e. The van der Waals surface area contributed by atoms with Gasteiger partial charge in [-0.1, -0.05) is 12.8 Å². The summed E-state index contributed by atoms with van der Waals surface area (Å²) >= 11 is 0. The van der Waals surface area contributed by atoms with Crippen LogP contribution in [0.15, 0.2) is 29.2 Å². The van der Waals surface area contributed by atoms with E-state index in [1.54, 1.807) is 12.1 Å². The van der Waals surface area contributed by atoms with E-state index in [0.29, 0.717) is 31.6 Å². The van der Waals surface area contributed by atoms with E-state index in [0.717, 1.165) is 25.7 Å². The maximum absolute atomic E-state index is 12.5. The summed E-state index contributed by atoms with van der Waals surface area (Å²) in [6.45, 7) is 1.08. The number of hydrogen-bond acceptors (Lipinski definition) is 4. The zero-order chi connectivity index (χ0) is 18.7. The number of nitrogens with zero attached hydrogens (tertiary/aromatic N) is 1. The minimum Gasteiger partial charge on any atom is -0.481 e. The molecule has 2 aliphatic rings. The number of hydrogen-bond donors (Lipinski definition) is 2. The summed E-state index contributed by atoms with van der Waals surface area (Å²) in [5, 5.41) is 12.0. The summed E-state index contributed by atoms with van der Waals surface area (Å²) < 4.78 is 26.5. The molecule has 0 spiro atoms. The fraction of sp³-hybridized carbons (Fsp3) is 0.556. The van der Waals surface area contributed by atoms with Crippen LogP contribution in [0.3, 0.4) is 0 Å². The molecule has 1 saturated carbocycles. The van der Waals surface area contributed by atoms with Crippen LogP contribution in [0.25, 0.3) is 0 Å². The molecule has 1 aromatic rings. The lowest BCUT2D eigenvalue weighted by Crippen LogP contribution is -2.36. The van der Waals surface area contributed by atoms with Crippen LogP contribution in [0.2, 0.25) is 0 Å². The quantitative estimate of drug-likeness (QED) is 0.816. The molecule has 1 aliphatic heterocycles. The standard InChI is InChI=1S/C18H24N2O5S/c21-17(15-5-1-2-6-16(15)18(22)23)19-13-7-9-14(10-8-13)26(24,25)20-11-3-4-12-20/h7-10,15-16H,1-6,11-12H2,(H,19,21)(H,22,23)/t15?,16-/m0/s1. The number of anilines is 1. The Morgan fingerprint density at radius 3 is 2.12 bits per heavy atom. The van der Waals surface area contributed by atoms with E-state index >= 15 is 0 Å². The molecule has 1 aliphatic carbocycles. The highest BCUT2D eigenvalue weighted by Gasteiger charge is 2.35. The Labute approximate surface area is 153 Å². The van der Waals surface area contributed by atoms with Crippen molar-refractivity contribution in [2.24, 2.45) is 11.8 Å². The summed E-state index contributed by atoms with van der Waals surface area (Å²) in [4.78, 5) is 24.0. The Kier molecular flexibility index (Phi) is 5.62. The molecule has 3 rings (SSSR count). The van der Waals surface area contributed by atoms with E-state index in [1.165, 1.54) is 16.4 Å². The van der Waals surface area contributed by atoms with Crippen LogP contribution in [-0.2, 0) is 19.6 Å². The highest BCUT2D eigenvalue weighted by molar-refractivity contribution is 7.89. The first-order valence-corrected chi connectivity index (χ1v) is 10.5. The van der Waals surface area contributed by atoms with E-state index in [9.17, 15) is 23.1 Å². The lowest BCUT2D eigenvalue weighted by molar-refractivity contribution is -0.147. The third-order valence-corrected chi connectivity index (χ3v) is 7.16. The number of carbonyl (C=O) groups excluding carboxylic acids is 1. The minimum atomic E-state index is -3.48. The number of benzene rings is 1. The maximum atomic E-state index is 12.5. The first kappa shape index (κ1) is 18.8. The highest BCUT2D eigenvalue weighted by Crippen LogP contribution is 2.31. The molecule has 0 radical (unpaired) electrons. The Bertz CT molecular complexity index is 769. The highest BCUT2D eigenvalue weighted by atomic mass is 32.2. The molecular weight excluding hydrogens is 356 g/mol. The van der Waals surface area contributed by atoms with Gasteiger partial charge in [-0.2, -0.15) is 4.31 Å². The Hall–Kier alpha value is -1.93. The van der Waals surface area contributed by atoms with Gasteiger partial charge in [0.2, 0.25) is 15.9 Å². The maximum Gasteiger partial charge on any atom is 0.307 e. The molecule has 7 nitrogen and oxygen atoms in total. The monoisotopic (exact) mass is 380 g/mol. The van der Waals surface area contributed by atoms with Crippen LogP contribution >= 0.6 is 0 Å². The molecule has 8 heteroatoms. The molecule has 142 valence electrons. The summed E-state index contributed by atoms with van der Waals surface area (Å²) in [6, 6.07) is 6.08. The molecule has 2 fully saturated rings. The second-order valence-electron chi connectivity index (χ2n) is 6.96. The molecule has 2 N–H and O–H groups in total. The third-order valence-electron chi connectivity index (χ3n) is 5.24.